The van der Waals surface area contributed by atoms with Crippen molar-refractivity contribution >= 4 is 11.9 Å². The van der Waals surface area contributed by atoms with Crippen molar-refractivity contribution in [2.45, 2.75) is 77.9 Å². The Morgan fingerprint density at radius 3 is 2.41 bits per heavy atom. The standard InChI is InChI=1S/C21H31N5O2.C2H4O2/c1-4-7-28-18-11-15(5-6-17(18)22)21-24-20(12-19(23)27)25-26(21)16-9-13(2)8-14(3)10-16;1-2(3)4/h8-10,15,17-18H,4-7,11-12,22H2,1-3H3,(H2,23,27);1H3,(H,3,4)/t15-,17-,18-;/m0./s1. The number of amides is 1. The second kappa shape index (κ2) is 11.7. The first-order chi connectivity index (χ1) is 15.1. The lowest BCUT2D eigenvalue weighted by Gasteiger charge is -2.33. The van der Waals surface area contributed by atoms with Gasteiger partial charge in [-0.3, -0.25) is 9.59 Å². The highest BCUT2D eigenvalue weighted by Crippen LogP contribution is 2.34. The molecule has 1 saturated carbocycles. The summed E-state index contributed by atoms with van der Waals surface area (Å²) in [5, 5.41) is 12.0. The van der Waals surface area contributed by atoms with E-state index in [2.05, 4.69) is 44.1 Å². The largest absolute Gasteiger partial charge is 0.481 e. The van der Waals surface area contributed by atoms with Crippen LogP contribution in [-0.2, 0) is 20.7 Å². The molecule has 3 atom stereocenters. The Labute approximate surface area is 189 Å². The minimum atomic E-state index is -0.833. The maximum atomic E-state index is 11.4. The van der Waals surface area contributed by atoms with Crippen molar-refractivity contribution < 1.29 is 19.4 Å². The molecule has 1 aliphatic carbocycles. The lowest BCUT2D eigenvalue weighted by Crippen LogP contribution is -2.42. The van der Waals surface area contributed by atoms with Crippen LogP contribution < -0.4 is 11.5 Å². The first-order valence-corrected chi connectivity index (χ1v) is 11.0. The lowest BCUT2D eigenvalue weighted by atomic mass is 9.83. The summed E-state index contributed by atoms with van der Waals surface area (Å²) in [6.45, 7) is 8.01. The molecule has 0 unspecified atom stereocenters. The van der Waals surface area contributed by atoms with Crippen LogP contribution in [0.4, 0.5) is 0 Å². The van der Waals surface area contributed by atoms with Crippen molar-refractivity contribution in [3.63, 3.8) is 0 Å². The molecule has 176 valence electrons. The lowest BCUT2D eigenvalue weighted by molar-refractivity contribution is -0.134. The summed E-state index contributed by atoms with van der Waals surface area (Å²) >= 11 is 0. The molecule has 1 aliphatic rings. The highest BCUT2D eigenvalue weighted by molar-refractivity contribution is 5.75. The van der Waals surface area contributed by atoms with Crippen molar-refractivity contribution in [3.8, 4) is 5.69 Å². The summed E-state index contributed by atoms with van der Waals surface area (Å²) in [6, 6.07) is 6.33. The maximum absolute atomic E-state index is 11.4. The van der Waals surface area contributed by atoms with Gasteiger partial charge >= 0.3 is 0 Å². The van der Waals surface area contributed by atoms with Gasteiger partial charge in [-0.1, -0.05) is 13.0 Å². The van der Waals surface area contributed by atoms with Crippen molar-refractivity contribution in [1.29, 1.82) is 0 Å². The van der Waals surface area contributed by atoms with Crippen LogP contribution in [0.15, 0.2) is 18.2 Å². The summed E-state index contributed by atoms with van der Waals surface area (Å²) in [4.78, 5) is 25.1. The molecule has 1 fully saturated rings. The van der Waals surface area contributed by atoms with Crippen LogP contribution in [0.25, 0.3) is 5.69 Å². The summed E-state index contributed by atoms with van der Waals surface area (Å²) < 4.78 is 7.87. The zero-order valence-corrected chi connectivity index (χ0v) is 19.4. The van der Waals surface area contributed by atoms with Gasteiger partial charge in [0.15, 0.2) is 5.82 Å². The number of carbonyl (C=O) groups excluding carboxylic acids is 1. The van der Waals surface area contributed by atoms with Gasteiger partial charge in [-0.05, 0) is 62.8 Å². The fraction of sp³-hybridized carbons (Fsp3) is 0.565. The Balaban J connectivity index is 0.000000837. The number of hydrogen-bond donors (Lipinski definition) is 3. The summed E-state index contributed by atoms with van der Waals surface area (Å²) in [7, 11) is 0. The van der Waals surface area contributed by atoms with E-state index in [1.165, 1.54) is 0 Å². The number of nitrogens with zero attached hydrogens (tertiary/aromatic N) is 3. The number of aromatic nitrogens is 3. The molecule has 32 heavy (non-hydrogen) atoms. The van der Waals surface area contributed by atoms with E-state index in [1.54, 1.807) is 0 Å². The highest BCUT2D eigenvalue weighted by atomic mass is 16.5. The first-order valence-electron chi connectivity index (χ1n) is 11.0. The van der Waals surface area contributed by atoms with Gasteiger partial charge in [0.05, 0.1) is 18.2 Å². The van der Waals surface area contributed by atoms with Gasteiger partial charge in [-0.15, -0.1) is 0 Å². The van der Waals surface area contributed by atoms with E-state index in [-0.39, 0.29) is 24.5 Å². The molecule has 1 heterocycles. The van der Waals surface area contributed by atoms with Crippen molar-refractivity contribution in [2.24, 2.45) is 11.5 Å². The van der Waals surface area contributed by atoms with E-state index in [4.69, 9.17) is 31.1 Å². The Bertz CT molecular complexity index is 903. The third-order valence-corrected chi connectivity index (χ3v) is 5.20. The molecule has 1 aromatic carbocycles. The van der Waals surface area contributed by atoms with Crippen LogP contribution in [0.2, 0.25) is 0 Å². The number of benzene rings is 1. The molecule has 0 spiro atoms. The molecule has 9 heteroatoms. The summed E-state index contributed by atoms with van der Waals surface area (Å²) in [5.74, 6) is 0.233. The van der Waals surface area contributed by atoms with E-state index >= 15 is 0 Å². The zero-order valence-electron chi connectivity index (χ0n) is 19.4. The molecule has 0 aliphatic heterocycles. The number of rotatable bonds is 7. The van der Waals surface area contributed by atoms with Crippen LogP contribution in [-0.4, -0.2) is 50.5 Å². The number of carboxylic acids is 1. The number of carbonyl (C=O) groups is 2. The van der Waals surface area contributed by atoms with Gasteiger partial charge in [-0.2, -0.15) is 5.10 Å². The zero-order chi connectivity index (χ0) is 23.8. The van der Waals surface area contributed by atoms with Crippen LogP contribution in [0, 0.1) is 13.8 Å². The molecule has 0 bridgehead atoms. The molecule has 2 aromatic rings. The van der Waals surface area contributed by atoms with Crippen LogP contribution in [0.3, 0.4) is 0 Å². The molecule has 5 N–H and O–H groups in total. The fourth-order valence-electron chi connectivity index (χ4n) is 3.97. The van der Waals surface area contributed by atoms with E-state index in [1.807, 2.05) is 4.68 Å². The van der Waals surface area contributed by atoms with Gasteiger partial charge in [-0.25, -0.2) is 9.67 Å². The minimum Gasteiger partial charge on any atom is -0.481 e. The average molecular weight is 446 g/mol. The van der Waals surface area contributed by atoms with Gasteiger partial charge < -0.3 is 21.3 Å². The highest BCUT2D eigenvalue weighted by Gasteiger charge is 2.33. The van der Waals surface area contributed by atoms with Gasteiger partial charge in [0.25, 0.3) is 5.97 Å². The maximum Gasteiger partial charge on any atom is 0.300 e. The van der Waals surface area contributed by atoms with Crippen molar-refractivity contribution in [1.82, 2.24) is 14.8 Å². The van der Waals surface area contributed by atoms with Crippen molar-refractivity contribution in [2.75, 3.05) is 6.61 Å². The van der Waals surface area contributed by atoms with Gasteiger partial charge in [0.2, 0.25) is 5.91 Å². The van der Waals surface area contributed by atoms with E-state index in [0.717, 1.165) is 55.2 Å². The number of hydrogen-bond acceptors (Lipinski definition) is 6. The number of nitrogens with two attached hydrogens (primary N) is 2. The molecule has 1 aromatic heterocycles. The second-order valence-corrected chi connectivity index (χ2v) is 8.39. The predicted molar refractivity (Wildman–Crippen MR) is 122 cm³/mol. The number of aryl methyl sites for hydroxylation is 2. The van der Waals surface area contributed by atoms with E-state index < -0.39 is 11.9 Å². The average Bonchev–Trinajstić information content (AvgIpc) is 3.09. The predicted octanol–water partition coefficient (Wildman–Crippen LogP) is 2.39. The third-order valence-electron chi connectivity index (χ3n) is 5.20. The Kier molecular flexibility index (Phi) is 9.34. The SMILES string of the molecule is CC(=O)O.CCCO[C@H]1C[C@@H](c2nc(CC(N)=O)nn2-c2cc(C)cc(C)c2)CC[C@@H]1N. The number of ether oxygens (including phenoxy) is 1. The normalized spacial score (nSPS) is 20.3. The van der Waals surface area contributed by atoms with Gasteiger partial charge in [0, 0.05) is 25.5 Å². The fourth-order valence-corrected chi connectivity index (χ4v) is 3.97. The Hall–Kier alpha value is -2.78. The topological polar surface area (TPSA) is 146 Å². The number of carboxylic acid groups (broad SMARTS) is 1. The first kappa shape index (κ1) is 25.5. The molecule has 0 radical (unpaired) electrons. The van der Waals surface area contributed by atoms with E-state index in [9.17, 15) is 4.79 Å². The van der Waals surface area contributed by atoms with E-state index in [0.29, 0.717) is 12.4 Å². The Morgan fingerprint density at radius 2 is 1.84 bits per heavy atom. The van der Waals surface area contributed by atoms with Crippen LogP contribution >= 0.6 is 0 Å². The van der Waals surface area contributed by atoms with Crippen molar-refractivity contribution in [3.05, 3.63) is 41.0 Å². The second-order valence-electron chi connectivity index (χ2n) is 8.39. The molecule has 9 nitrogen and oxygen atoms in total. The summed E-state index contributed by atoms with van der Waals surface area (Å²) in [5.41, 5.74) is 14.9. The minimum absolute atomic E-state index is 0.0164. The third kappa shape index (κ3) is 7.42. The number of aliphatic carboxylic acids is 1. The molecule has 1 amide bonds. The van der Waals surface area contributed by atoms with Gasteiger partial charge in [0.1, 0.15) is 5.82 Å². The molecular formula is C23H35N5O4. The smallest absolute Gasteiger partial charge is 0.300 e. The van der Waals surface area contributed by atoms with Crippen LogP contribution in [0.1, 0.15) is 68.2 Å². The van der Waals surface area contributed by atoms with Crippen LogP contribution in [0.5, 0.6) is 0 Å². The quantitative estimate of drug-likeness (QED) is 0.593. The monoisotopic (exact) mass is 445 g/mol. The summed E-state index contributed by atoms with van der Waals surface area (Å²) in [6.07, 6.45) is 3.63. The molecule has 3 rings (SSSR count). The Morgan fingerprint density at radius 1 is 1.22 bits per heavy atom. The number of primary amides is 1. The molecular weight excluding hydrogens is 410 g/mol. The molecule has 0 saturated heterocycles.